The molecule has 2 aromatic rings. The fourth-order valence-electron chi connectivity index (χ4n) is 2.73. The van der Waals surface area contributed by atoms with Crippen LogP contribution in [0.4, 0.5) is 10.5 Å². The van der Waals surface area contributed by atoms with Crippen LogP contribution in [0.2, 0.25) is 0 Å². The molecule has 1 fully saturated rings. The minimum absolute atomic E-state index is 0.00818. The van der Waals surface area contributed by atoms with Crippen molar-refractivity contribution in [2.45, 2.75) is 24.8 Å². The van der Waals surface area contributed by atoms with E-state index < -0.39 is 22.2 Å². The van der Waals surface area contributed by atoms with Crippen molar-refractivity contribution in [3.8, 4) is 5.75 Å². The topological polar surface area (TPSA) is 111 Å². The van der Waals surface area contributed by atoms with Gasteiger partial charge in [0, 0.05) is 12.2 Å². The summed E-state index contributed by atoms with van der Waals surface area (Å²) < 4.78 is 42.5. The van der Waals surface area contributed by atoms with E-state index >= 15 is 0 Å². The molecule has 10 heteroatoms. The third kappa shape index (κ3) is 3.51. The fraction of sp³-hybridized carbons (Fsp3) is 0.375. The number of aromatic nitrogens is 1. The van der Waals surface area contributed by atoms with Crippen LogP contribution in [-0.2, 0) is 14.8 Å². The zero-order valence-corrected chi connectivity index (χ0v) is 15.4. The molecule has 9 nitrogen and oxygen atoms in total. The molecule has 1 aliphatic rings. The number of ether oxygens (including phenoxy) is 2. The normalized spacial score (nSPS) is 17.4. The lowest BCUT2D eigenvalue weighted by Crippen LogP contribution is -2.35. The summed E-state index contributed by atoms with van der Waals surface area (Å²) in [5.41, 5.74) is 0.921. The molecule has 1 aliphatic heterocycles. The first-order valence-electron chi connectivity index (χ1n) is 7.86. The Morgan fingerprint density at radius 1 is 1.31 bits per heavy atom. The summed E-state index contributed by atoms with van der Waals surface area (Å²) in [5.74, 6) is 0.878. The lowest BCUT2D eigenvalue weighted by molar-refractivity contribution is 0.143. The Balaban J connectivity index is 1.66. The van der Waals surface area contributed by atoms with Crippen LogP contribution in [0.1, 0.15) is 11.5 Å². The quantitative estimate of drug-likeness (QED) is 0.809. The predicted octanol–water partition coefficient (Wildman–Crippen LogP) is 1.60. The molecule has 1 aromatic heterocycles. The lowest BCUT2D eigenvalue weighted by atomic mass is 10.2. The minimum atomic E-state index is -3.81. The molecular formula is C16H19N3O6S. The molecule has 0 radical (unpaired) electrons. The second kappa shape index (κ2) is 6.96. The Kier molecular flexibility index (Phi) is 4.88. The van der Waals surface area contributed by atoms with Crippen LogP contribution < -0.4 is 14.4 Å². The summed E-state index contributed by atoms with van der Waals surface area (Å²) in [6.45, 7) is 3.25. The SMILES string of the molecule is COc1ccc(N2CC(CNS(=O)(=O)c3c(C)noc3C)OC2=O)cc1. The first kappa shape index (κ1) is 18.2. The number of amides is 1. The molecule has 26 heavy (non-hydrogen) atoms. The summed E-state index contributed by atoms with van der Waals surface area (Å²) in [5, 5.41) is 3.64. The van der Waals surface area contributed by atoms with Crippen molar-refractivity contribution in [3.05, 3.63) is 35.7 Å². The highest BCUT2D eigenvalue weighted by atomic mass is 32.2. The number of carbonyl (C=O) groups excluding carboxylic acids is 1. The molecule has 0 aliphatic carbocycles. The Morgan fingerprint density at radius 3 is 2.58 bits per heavy atom. The number of nitrogens with one attached hydrogen (secondary N) is 1. The van der Waals surface area contributed by atoms with Crippen molar-refractivity contribution in [3.63, 3.8) is 0 Å². The molecule has 0 bridgehead atoms. The summed E-state index contributed by atoms with van der Waals surface area (Å²) >= 11 is 0. The van der Waals surface area contributed by atoms with Gasteiger partial charge in [0.05, 0.1) is 13.7 Å². The Labute approximate surface area is 150 Å². The van der Waals surface area contributed by atoms with Gasteiger partial charge in [0.2, 0.25) is 10.0 Å². The van der Waals surface area contributed by atoms with Crippen molar-refractivity contribution in [1.29, 1.82) is 0 Å². The average Bonchev–Trinajstić information content (AvgIpc) is 3.15. The molecule has 1 aromatic carbocycles. The van der Waals surface area contributed by atoms with Gasteiger partial charge in [-0.25, -0.2) is 17.9 Å². The number of methoxy groups -OCH3 is 1. The number of benzene rings is 1. The second-order valence-corrected chi connectivity index (χ2v) is 7.52. The van der Waals surface area contributed by atoms with Gasteiger partial charge < -0.3 is 14.0 Å². The number of nitrogens with zero attached hydrogens (tertiary/aromatic N) is 2. The maximum absolute atomic E-state index is 12.4. The van der Waals surface area contributed by atoms with Gasteiger partial charge >= 0.3 is 6.09 Å². The molecular weight excluding hydrogens is 362 g/mol. The molecule has 1 saturated heterocycles. The number of cyclic esters (lactones) is 1. The lowest BCUT2D eigenvalue weighted by Gasteiger charge is -2.13. The third-order valence-corrected chi connectivity index (χ3v) is 5.66. The predicted molar refractivity (Wildman–Crippen MR) is 91.8 cm³/mol. The van der Waals surface area contributed by atoms with Crippen molar-refractivity contribution >= 4 is 21.8 Å². The van der Waals surface area contributed by atoms with E-state index in [1.807, 2.05) is 0 Å². The summed E-state index contributed by atoms with van der Waals surface area (Å²) in [6.07, 6.45) is -1.14. The van der Waals surface area contributed by atoms with Crippen molar-refractivity contribution in [1.82, 2.24) is 9.88 Å². The molecule has 1 atom stereocenters. The minimum Gasteiger partial charge on any atom is -0.497 e. The fourth-order valence-corrected chi connectivity index (χ4v) is 4.13. The summed E-state index contributed by atoms with van der Waals surface area (Å²) in [6, 6.07) is 6.93. The van der Waals surface area contributed by atoms with Gasteiger partial charge in [0.25, 0.3) is 0 Å². The molecule has 0 saturated carbocycles. The van der Waals surface area contributed by atoms with E-state index in [2.05, 4.69) is 9.88 Å². The van der Waals surface area contributed by atoms with E-state index in [9.17, 15) is 13.2 Å². The van der Waals surface area contributed by atoms with Crippen LogP contribution >= 0.6 is 0 Å². The van der Waals surface area contributed by atoms with Crippen molar-refractivity contribution < 1.29 is 27.2 Å². The monoisotopic (exact) mass is 381 g/mol. The van der Waals surface area contributed by atoms with Crippen LogP contribution in [-0.4, -0.2) is 46.0 Å². The van der Waals surface area contributed by atoms with Gasteiger partial charge in [-0.3, -0.25) is 4.90 Å². The van der Waals surface area contributed by atoms with Crippen LogP contribution in [0, 0.1) is 13.8 Å². The van der Waals surface area contributed by atoms with Gasteiger partial charge in [-0.1, -0.05) is 5.16 Å². The number of rotatable bonds is 6. The number of anilines is 1. The number of carbonyl (C=O) groups is 1. The highest BCUT2D eigenvalue weighted by Gasteiger charge is 2.34. The highest BCUT2D eigenvalue weighted by molar-refractivity contribution is 7.89. The van der Waals surface area contributed by atoms with E-state index in [0.29, 0.717) is 11.4 Å². The van der Waals surface area contributed by atoms with Gasteiger partial charge in [-0.2, -0.15) is 0 Å². The zero-order chi connectivity index (χ0) is 18.9. The zero-order valence-electron chi connectivity index (χ0n) is 14.6. The number of hydrogen-bond acceptors (Lipinski definition) is 7. The smallest absolute Gasteiger partial charge is 0.414 e. The van der Waals surface area contributed by atoms with Crippen LogP contribution in [0.3, 0.4) is 0 Å². The van der Waals surface area contributed by atoms with Gasteiger partial charge in [-0.05, 0) is 38.1 Å². The first-order valence-corrected chi connectivity index (χ1v) is 9.35. The van der Waals surface area contributed by atoms with E-state index in [1.54, 1.807) is 38.3 Å². The largest absolute Gasteiger partial charge is 0.497 e. The number of sulfonamides is 1. The molecule has 1 unspecified atom stereocenters. The van der Waals surface area contributed by atoms with Crippen molar-refractivity contribution in [2.75, 3.05) is 25.1 Å². The maximum Gasteiger partial charge on any atom is 0.414 e. The van der Waals surface area contributed by atoms with Crippen LogP contribution in [0.25, 0.3) is 0 Å². The standard InChI is InChI=1S/C16H19N3O6S/c1-10-15(11(2)25-18-10)26(21,22)17-8-14-9-19(16(20)24-14)12-4-6-13(23-3)7-5-12/h4-7,14,17H,8-9H2,1-3H3. The molecule has 1 amide bonds. The molecule has 0 spiro atoms. The van der Waals surface area contributed by atoms with Gasteiger partial charge in [0.1, 0.15) is 22.4 Å². The Bertz CT molecular complexity index is 887. The number of hydrogen-bond donors (Lipinski definition) is 1. The summed E-state index contributed by atoms with van der Waals surface area (Å²) in [4.78, 5) is 13.5. The Morgan fingerprint density at radius 2 is 2.00 bits per heavy atom. The van der Waals surface area contributed by atoms with Gasteiger partial charge in [-0.15, -0.1) is 0 Å². The Hall–Kier alpha value is -2.59. The van der Waals surface area contributed by atoms with Gasteiger partial charge in [0.15, 0.2) is 5.76 Å². The maximum atomic E-state index is 12.4. The number of aryl methyl sites for hydroxylation is 2. The summed E-state index contributed by atoms with van der Waals surface area (Å²) in [7, 11) is -2.25. The average molecular weight is 381 g/mol. The van der Waals surface area contributed by atoms with E-state index in [-0.39, 0.29) is 29.4 Å². The van der Waals surface area contributed by atoms with E-state index in [0.717, 1.165) is 0 Å². The van der Waals surface area contributed by atoms with E-state index in [4.69, 9.17) is 14.0 Å². The molecule has 2 heterocycles. The van der Waals surface area contributed by atoms with Crippen LogP contribution in [0.5, 0.6) is 5.75 Å². The second-order valence-electron chi connectivity index (χ2n) is 5.82. The molecule has 140 valence electrons. The van der Waals surface area contributed by atoms with Crippen molar-refractivity contribution in [2.24, 2.45) is 0 Å². The van der Waals surface area contributed by atoms with Crippen LogP contribution in [0.15, 0.2) is 33.7 Å². The van der Waals surface area contributed by atoms with E-state index in [1.165, 1.54) is 11.8 Å². The molecule has 1 N–H and O–H groups in total. The third-order valence-electron chi connectivity index (χ3n) is 4.00. The molecule has 3 rings (SSSR count). The highest BCUT2D eigenvalue weighted by Crippen LogP contribution is 2.24. The first-order chi connectivity index (χ1) is 12.3.